The molecule has 0 aliphatic carbocycles. The Labute approximate surface area is 388 Å². The maximum Gasteiger partial charge on any atom is 2.00 e. The van der Waals surface area contributed by atoms with E-state index in [4.69, 9.17) is 130 Å². The molecule has 64 heavy (non-hydrogen) atoms. The average molecular weight is 1050 g/mol. The summed E-state index contributed by atoms with van der Waals surface area (Å²) in [4.78, 5) is 33.0. The van der Waals surface area contributed by atoms with Crippen LogP contribution in [-0.4, -0.2) is 152 Å². The van der Waals surface area contributed by atoms with E-state index in [2.05, 4.69) is 0 Å². The predicted molar refractivity (Wildman–Crippen MR) is 214 cm³/mol. The van der Waals surface area contributed by atoms with Crippen molar-refractivity contribution in [1.82, 2.24) is 0 Å². The Bertz CT molecular complexity index is 768. The van der Waals surface area contributed by atoms with Gasteiger partial charge in [0.05, 0.1) is 177 Å². The summed E-state index contributed by atoms with van der Waals surface area (Å²) in [6.07, 6.45) is 0. The molecule has 2 heterocycles. The fourth-order valence-corrected chi connectivity index (χ4v) is 2.20. The Morgan fingerprint density at radius 1 is 0.281 bits per heavy atom. The minimum absolute atomic E-state index is 0. The summed E-state index contributed by atoms with van der Waals surface area (Å²) in [5, 5.41) is 88.3. The zero-order valence-corrected chi connectivity index (χ0v) is 37.6. The van der Waals surface area contributed by atoms with Gasteiger partial charge in [-0.1, -0.05) is 0 Å². The molecule has 0 aromatic heterocycles. The van der Waals surface area contributed by atoms with Crippen molar-refractivity contribution in [3.05, 3.63) is 61.3 Å². The van der Waals surface area contributed by atoms with Gasteiger partial charge in [-0.3, -0.25) is 0 Å². The van der Waals surface area contributed by atoms with E-state index in [0.717, 1.165) is 0 Å². The van der Waals surface area contributed by atoms with Gasteiger partial charge in [-0.2, -0.15) is 21.0 Å². The van der Waals surface area contributed by atoms with Gasteiger partial charge in [0.2, 0.25) is 0 Å². The summed E-state index contributed by atoms with van der Waals surface area (Å²) in [5.74, 6) is 0. The van der Waals surface area contributed by atoms with Crippen LogP contribution in [0.2, 0.25) is 0 Å². The number of hydrogen-bond donors (Lipinski definition) is 0. The van der Waals surface area contributed by atoms with Gasteiger partial charge in [0, 0.05) is 27.7 Å². The Morgan fingerprint density at radius 3 is 0.344 bits per heavy atom. The molecule has 2 aliphatic heterocycles. The normalized spacial score (nSPS) is 13.2. The van der Waals surface area contributed by atoms with Gasteiger partial charge in [-0.15, -0.1) is 0 Å². The van der Waals surface area contributed by atoms with Crippen molar-refractivity contribution < 1.29 is 123 Å². The molecular weight excluding hydrogens is 982 g/mol. The average Bonchev–Trinajstić information content (AvgIpc) is 3.13. The predicted octanol–water partition coefficient (Wildman–Crippen LogP) is -2.36. The van der Waals surface area contributed by atoms with E-state index in [9.17, 15) is 0 Å². The minimum atomic E-state index is -1.75. The van der Waals surface area contributed by atoms with Gasteiger partial charge >= 0.3 is 33.0 Å². The van der Waals surface area contributed by atoms with Crippen LogP contribution in [0.1, 0.15) is 27.7 Å². The van der Waals surface area contributed by atoms with Crippen LogP contribution in [0.5, 0.6) is 0 Å². The largest absolute Gasteiger partial charge is 2.00 e. The van der Waals surface area contributed by atoms with Crippen molar-refractivity contribution in [2.45, 2.75) is 27.7 Å². The van der Waals surface area contributed by atoms with Gasteiger partial charge in [0.1, 0.15) is 0 Å². The molecule has 0 bridgehead atoms. The second-order valence-corrected chi connectivity index (χ2v) is 7.91. The summed E-state index contributed by atoms with van der Waals surface area (Å²) < 4.78 is 52.8. The van der Waals surface area contributed by atoms with E-state index < -0.39 is 20.3 Å². The molecule has 388 valence electrons. The third-order valence-corrected chi connectivity index (χ3v) is 3.72. The van der Waals surface area contributed by atoms with E-state index in [-0.39, 0.29) is 54.9 Å². The summed E-state index contributed by atoms with van der Waals surface area (Å²) >= 11 is 0. The van der Waals surface area contributed by atoms with E-state index in [1.807, 2.05) is 0 Å². The van der Waals surface area contributed by atoms with Crippen molar-refractivity contribution in [2.75, 3.05) is 132 Å². The quantitative estimate of drug-likeness (QED) is 0.106. The monoisotopic (exact) mass is 1040 g/mol. The summed E-state index contributed by atoms with van der Waals surface area (Å²) in [6, 6.07) is 7.00. The minimum Gasteiger partial charge on any atom is -0.457 e. The molecule has 0 spiro atoms. The van der Waals surface area contributed by atoms with Crippen LogP contribution in [0.25, 0.3) is 0 Å². The van der Waals surface area contributed by atoms with Crippen molar-refractivity contribution in [3.63, 3.8) is 0 Å². The maximum absolute atomic E-state index is 8.25. The fraction of sp³-hybridized carbons (Fsp3) is 0.857. The van der Waals surface area contributed by atoms with Crippen molar-refractivity contribution in [2.24, 2.45) is 0 Å². The topological polar surface area (TPSA) is 584 Å². The van der Waals surface area contributed by atoms with Gasteiger partial charge < -0.3 is 131 Å². The maximum atomic E-state index is 8.25. The fourth-order valence-electron chi connectivity index (χ4n) is 2.20. The summed E-state index contributed by atoms with van der Waals surface area (Å²) in [6.45, 7) is 17.9. The van der Waals surface area contributed by atoms with Crippen molar-refractivity contribution in [1.29, 1.82) is 21.0 Å². The Kier molecular flexibility index (Phi) is 172. The number of nitrogens with zero attached hydrogens (tertiary/aromatic N) is 8. The van der Waals surface area contributed by atoms with Gasteiger partial charge in [0.15, 0.2) is 0 Å². The SMILES string of the molecule is C1COCCOCCOCCOCCO1.C1COCCOCCOCCOCCO1.CC#N.CC#N.CC#N.CC#N.O=[N+]([O-])[O-].O=[N+]([O-])[O-].O=[N+]([O-])[O-].O=[N+]([O-])[O-].[Ni+2].[Ni+2].[OH3+].[OH3+].[OH3+].[OH3+]. The van der Waals surface area contributed by atoms with Gasteiger partial charge in [0.25, 0.3) is 0 Å². The Morgan fingerprint density at radius 2 is 0.312 bits per heavy atom. The van der Waals surface area contributed by atoms with Crippen LogP contribution in [0, 0.1) is 107 Å². The second-order valence-electron chi connectivity index (χ2n) is 7.91. The molecule has 0 saturated carbocycles. The molecule has 0 atom stereocenters. The number of hydrogen-bond acceptors (Lipinski definition) is 26. The molecule has 12 N–H and O–H groups in total. The van der Waals surface area contributed by atoms with E-state index in [1.165, 1.54) is 27.7 Å². The molecule has 0 amide bonds. The third kappa shape index (κ3) is 285. The first-order chi connectivity index (χ1) is 27.6. The third-order valence-electron chi connectivity index (χ3n) is 3.72. The first-order valence-electron chi connectivity index (χ1n) is 15.9. The van der Waals surface area contributed by atoms with Crippen LogP contribution in [-0.2, 0) is 102 Å². The van der Waals surface area contributed by atoms with Crippen LogP contribution in [0.15, 0.2) is 0 Å². The number of ether oxygens (including phenoxy) is 10. The van der Waals surface area contributed by atoms with E-state index >= 15 is 0 Å². The number of rotatable bonds is 0. The molecule has 2 aliphatic rings. The molecule has 0 radical (unpaired) electrons. The zero-order chi connectivity index (χ0) is 46.4. The number of nitriles is 4. The molecule has 0 unspecified atom stereocenters. The van der Waals surface area contributed by atoms with Crippen molar-refractivity contribution in [3.8, 4) is 24.3 Å². The second kappa shape index (κ2) is 112. The van der Waals surface area contributed by atoms with Crippen molar-refractivity contribution >= 4 is 0 Å². The molecule has 34 nitrogen and oxygen atoms in total. The molecule has 2 saturated heterocycles. The molecule has 2 fully saturated rings. The van der Waals surface area contributed by atoms with Crippen LogP contribution >= 0.6 is 0 Å². The molecule has 2 rings (SSSR count). The molecular formula is C28H64N8Ni2O26+4. The molecule has 0 aromatic carbocycles. The first-order valence-corrected chi connectivity index (χ1v) is 15.9. The molecule has 36 heteroatoms. The van der Waals surface area contributed by atoms with Gasteiger partial charge in [-0.05, 0) is 0 Å². The van der Waals surface area contributed by atoms with Crippen LogP contribution < -0.4 is 0 Å². The Balaban J connectivity index is -0.0000000393. The standard InChI is InChI=1S/2C10H20O5.4C2H3N.4NO3.2Ni.4H2O/c2*1-2-12-5-6-14-9-10-15-8-7-13-4-3-11-1;4*1-2-3;4*2-1(3)4;;;;;;/h2*1-10H2;4*1H3;;;;;;;4*1H2/q;;;;;;4*-1;2*+2;;;;/p+4. The van der Waals surface area contributed by atoms with Crippen LogP contribution in [0.3, 0.4) is 0 Å². The molecule has 0 aromatic rings. The van der Waals surface area contributed by atoms with Crippen LogP contribution in [0.4, 0.5) is 0 Å². The summed E-state index contributed by atoms with van der Waals surface area (Å²) in [5.41, 5.74) is 0. The van der Waals surface area contributed by atoms with E-state index in [0.29, 0.717) is 132 Å². The van der Waals surface area contributed by atoms with E-state index in [1.54, 1.807) is 24.3 Å². The Hall–Kier alpha value is -4.81. The first kappa shape index (κ1) is 98.1. The van der Waals surface area contributed by atoms with Gasteiger partial charge in [-0.25, -0.2) is 0 Å². The summed E-state index contributed by atoms with van der Waals surface area (Å²) in [7, 11) is 0. The smallest absolute Gasteiger partial charge is 0.457 e. The zero-order valence-electron chi connectivity index (χ0n) is 35.6.